The molecule has 2 aromatic rings. The number of hydrogen-bond donors (Lipinski definition) is 1. The molecule has 106 valence electrons. The van der Waals surface area contributed by atoms with E-state index in [-0.39, 0.29) is 0 Å². The van der Waals surface area contributed by atoms with Gasteiger partial charge in [-0.05, 0) is 37.2 Å². The van der Waals surface area contributed by atoms with Gasteiger partial charge >= 0.3 is 0 Å². The van der Waals surface area contributed by atoms with E-state index >= 15 is 0 Å². The Labute approximate surface area is 125 Å². The Hall–Kier alpha value is -2.31. The lowest BCUT2D eigenvalue weighted by atomic mass is 9.71. The zero-order chi connectivity index (χ0) is 14.7. The second kappa shape index (κ2) is 5.59. The van der Waals surface area contributed by atoms with Crippen LogP contribution in [0.4, 0.5) is 0 Å². The van der Waals surface area contributed by atoms with Crippen molar-refractivity contribution in [3.05, 3.63) is 65.2 Å². The molecule has 3 heteroatoms. The van der Waals surface area contributed by atoms with E-state index in [0.29, 0.717) is 6.61 Å². The lowest BCUT2D eigenvalue weighted by molar-refractivity contribution is 0.306. The summed E-state index contributed by atoms with van der Waals surface area (Å²) in [5, 5.41) is 13.2. The smallest absolute Gasteiger partial charge is 0.124 e. The summed E-state index contributed by atoms with van der Waals surface area (Å²) in [5.74, 6) is 0.811. The molecule has 1 heterocycles. The van der Waals surface area contributed by atoms with Gasteiger partial charge in [0, 0.05) is 5.56 Å². The molecular weight excluding hydrogens is 260 g/mol. The highest BCUT2D eigenvalue weighted by molar-refractivity contribution is 5.55. The molecule has 0 aromatic heterocycles. The van der Waals surface area contributed by atoms with Gasteiger partial charge in [0.1, 0.15) is 17.8 Å². The number of hydrogen-bond acceptors (Lipinski definition) is 3. The SMILES string of the molecule is CNCCC1(C#N)c2ccccc2COc2ccccc21. The molecule has 21 heavy (non-hydrogen) atoms. The highest BCUT2D eigenvalue weighted by Gasteiger charge is 2.39. The third kappa shape index (κ3) is 2.18. The van der Waals surface area contributed by atoms with Crippen LogP contribution in [0, 0.1) is 11.3 Å². The van der Waals surface area contributed by atoms with Crippen LogP contribution < -0.4 is 10.1 Å². The van der Waals surface area contributed by atoms with Crippen LogP contribution in [0.25, 0.3) is 0 Å². The first-order valence-corrected chi connectivity index (χ1v) is 7.18. The maximum atomic E-state index is 10.1. The van der Waals surface area contributed by atoms with Gasteiger partial charge in [-0.2, -0.15) is 5.26 Å². The molecule has 0 saturated carbocycles. The van der Waals surface area contributed by atoms with Crippen LogP contribution in [0.1, 0.15) is 23.1 Å². The molecule has 0 fully saturated rings. The van der Waals surface area contributed by atoms with Crippen molar-refractivity contribution >= 4 is 0 Å². The molecule has 0 amide bonds. The van der Waals surface area contributed by atoms with Gasteiger partial charge in [-0.3, -0.25) is 0 Å². The van der Waals surface area contributed by atoms with Crippen molar-refractivity contribution in [1.82, 2.24) is 5.32 Å². The zero-order valence-corrected chi connectivity index (χ0v) is 12.1. The molecule has 0 saturated heterocycles. The van der Waals surface area contributed by atoms with Gasteiger partial charge in [-0.25, -0.2) is 0 Å². The van der Waals surface area contributed by atoms with Gasteiger partial charge in [0.15, 0.2) is 0 Å². The Morgan fingerprint density at radius 3 is 2.62 bits per heavy atom. The average molecular weight is 278 g/mol. The van der Waals surface area contributed by atoms with Crippen molar-refractivity contribution in [2.45, 2.75) is 18.4 Å². The number of nitrogens with one attached hydrogen (secondary N) is 1. The fourth-order valence-corrected chi connectivity index (χ4v) is 3.07. The average Bonchev–Trinajstić information content (AvgIpc) is 2.69. The predicted molar refractivity (Wildman–Crippen MR) is 82.2 cm³/mol. The van der Waals surface area contributed by atoms with Crippen LogP contribution in [-0.2, 0) is 12.0 Å². The van der Waals surface area contributed by atoms with Crippen LogP contribution in [0.15, 0.2) is 48.5 Å². The summed E-state index contributed by atoms with van der Waals surface area (Å²) in [5.41, 5.74) is 2.46. The Kier molecular flexibility index (Phi) is 3.64. The number of fused-ring (bicyclic) bond motifs is 2. The topological polar surface area (TPSA) is 45.0 Å². The second-order valence-electron chi connectivity index (χ2n) is 5.31. The summed E-state index contributed by atoms with van der Waals surface area (Å²) in [6.45, 7) is 1.28. The van der Waals surface area contributed by atoms with Gasteiger partial charge in [0.25, 0.3) is 0 Å². The summed E-state index contributed by atoms with van der Waals surface area (Å²) in [6.07, 6.45) is 0.720. The molecule has 3 nitrogen and oxygen atoms in total. The van der Waals surface area contributed by atoms with Crippen LogP contribution in [0.5, 0.6) is 5.75 Å². The first-order valence-electron chi connectivity index (χ1n) is 7.18. The lowest BCUT2D eigenvalue weighted by Crippen LogP contribution is -2.30. The molecule has 1 unspecified atom stereocenters. The maximum Gasteiger partial charge on any atom is 0.124 e. The van der Waals surface area contributed by atoms with E-state index in [1.807, 2.05) is 49.5 Å². The van der Waals surface area contributed by atoms with Crippen LogP contribution in [-0.4, -0.2) is 13.6 Å². The first-order chi connectivity index (χ1) is 10.3. The minimum Gasteiger partial charge on any atom is -0.489 e. The summed E-state index contributed by atoms with van der Waals surface area (Å²) < 4.78 is 5.94. The van der Waals surface area contributed by atoms with E-state index in [0.717, 1.165) is 35.4 Å². The third-order valence-corrected chi connectivity index (χ3v) is 4.15. The third-order valence-electron chi connectivity index (χ3n) is 4.15. The second-order valence-corrected chi connectivity index (χ2v) is 5.31. The van der Waals surface area contributed by atoms with Crippen molar-refractivity contribution in [3.8, 4) is 11.8 Å². The van der Waals surface area contributed by atoms with Gasteiger partial charge in [0.05, 0.1) is 6.07 Å². The Bertz CT molecular complexity index is 640. The number of nitrogens with zero attached hydrogens (tertiary/aromatic N) is 1. The highest BCUT2D eigenvalue weighted by Crippen LogP contribution is 2.43. The molecule has 0 bridgehead atoms. The number of para-hydroxylation sites is 1. The van der Waals surface area contributed by atoms with Crippen molar-refractivity contribution < 1.29 is 4.74 Å². The van der Waals surface area contributed by atoms with Gasteiger partial charge in [0.2, 0.25) is 0 Å². The molecule has 3 rings (SSSR count). The normalized spacial score (nSPS) is 19.6. The minimum absolute atomic E-state index is 0.510. The van der Waals surface area contributed by atoms with Crippen molar-refractivity contribution in [2.75, 3.05) is 13.6 Å². The van der Waals surface area contributed by atoms with E-state index in [4.69, 9.17) is 4.74 Å². The molecule has 0 aliphatic carbocycles. The zero-order valence-electron chi connectivity index (χ0n) is 12.1. The van der Waals surface area contributed by atoms with Crippen molar-refractivity contribution in [1.29, 1.82) is 5.26 Å². The van der Waals surface area contributed by atoms with Crippen LogP contribution >= 0.6 is 0 Å². The number of benzene rings is 2. The van der Waals surface area contributed by atoms with E-state index < -0.39 is 5.41 Å². The van der Waals surface area contributed by atoms with Gasteiger partial charge in [-0.15, -0.1) is 0 Å². The predicted octanol–water partition coefficient (Wildman–Crippen LogP) is 3.00. The largest absolute Gasteiger partial charge is 0.489 e. The number of ether oxygens (including phenoxy) is 1. The van der Waals surface area contributed by atoms with Crippen LogP contribution in [0.3, 0.4) is 0 Å². The molecule has 2 aromatic carbocycles. The monoisotopic (exact) mass is 278 g/mol. The molecule has 1 aliphatic heterocycles. The molecule has 0 radical (unpaired) electrons. The highest BCUT2D eigenvalue weighted by atomic mass is 16.5. The standard InChI is InChI=1S/C18H18N2O/c1-20-11-10-18(13-19)15-7-3-2-6-14(15)12-21-17-9-5-4-8-16(17)18/h2-9,20H,10-12H2,1H3. The van der Waals surface area contributed by atoms with Gasteiger partial charge in [-0.1, -0.05) is 42.5 Å². The van der Waals surface area contributed by atoms with Crippen LogP contribution in [0.2, 0.25) is 0 Å². The first kappa shape index (κ1) is 13.7. The van der Waals surface area contributed by atoms with Crippen molar-refractivity contribution in [2.24, 2.45) is 0 Å². The molecular formula is C18H18N2O. The summed E-state index contributed by atoms with van der Waals surface area (Å²) in [4.78, 5) is 0. The number of rotatable bonds is 3. The molecule has 1 N–H and O–H groups in total. The summed E-state index contributed by atoms with van der Waals surface area (Å²) in [7, 11) is 1.91. The fraction of sp³-hybridized carbons (Fsp3) is 0.278. The minimum atomic E-state index is -0.660. The Balaban J connectivity index is 2.26. The quantitative estimate of drug-likeness (QED) is 0.938. The molecule has 1 atom stereocenters. The molecule has 1 aliphatic rings. The number of nitriles is 1. The summed E-state index contributed by atoms with van der Waals surface area (Å²) >= 11 is 0. The van der Waals surface area contributed by atoms with Gasteiger partial charge < -0.3 is 10.1 Å². The summed E-state index contributed by atoms with van der Waals surface area (Å²) in [6, 6.07) is 18.6. The Morgan fingerprint density at radius 2 is 1.86 bits per heavy atom. The van der Waals surface area contributed by atoms with E-state index in [1.54, 1.807) is 0 Å². The van der Waals surface area contributed by atoms with Crippen molar-refractivity contribution in [3.63, 3.8) is 0 Å². The van der Waals surface area contributed by atoms with E-state index in [2.05, 4.69) is 17.5 Å². The fourth-order valence-electron chi connectivity index (χ4n) is 3.07. The maximum absolute atomic E-state index is 10.1. The van der Waals surface area contributed by atoms with E-state index in [9.17, 15) is 5.26 Å². The lowest BCUT2D eigenvalue weighted by Gasteiger charge is -2.28. The van der Waals surface area contributed by atoms with E-state index in [1.165, 1.54) is 0 Å². The Morgan fingerprint density at radius 1 is 1.14 bits per heavy atom. The molecule has 0 spiro atoms.